The van der Waals surface area contributed by atoms with Gasteiger partial charge < -0.3 is 14.3 Å². The van der Waals surface area contributed by atoms with Crippen molar-refractivity contribution in [3.05, 3.63) is 57.8 Å². The van der Waals surface area contributed by atoms with E-state index in [2.05, 4.69) is 0 Å². The second kappa shape index (κ2) is 5.40. The lowest BCUT2D eigenvalue weighted by molar-refractivity contribution is -0.384. The number of nitro groups is 1. The van der Waals surface area contributed by atoms with E-state index >= 15 is 0 Å². The van der Waals surface area contributed by atoms with Gasteiger partial charge in [-0.1, -0.05) is 0 Å². The number of carbonyl (C=O) groups is 1. The minimum atomic E-state index is -1.31. The average molecular weight is 272 g/mol. The number of benzene rings is 1. The van der Waals surface area contributed by atoms with Crippen LogP contribution in [0.2, 0.25) is 0 Å². The Morgan fingerprint density at radius 3 is 2.65 bits per heavy atom. The Labute approximate surface area is 114 Å². The zero-order chi connectivity index (χ0) is 14.7. The van der Waals surface area contributed by atoms with Crippen LogP contribution in [-0.4, -0.2) is 10.9 Å². The van der Waals surface area contributed by atoms with Crippen molar-refractivity contribution in [3.8, 4) is 11.3 Å². The Balaban J connectivity index is 2.33. The zero-order valence-corrected chi connectivity index (χ0v) is 10.5. The van der Waals surface area contributed by atoms with Crippen LogP contribution in [0.1, 0.15) is 11.3 Å². The standard InChI is InChI=1S/C14H11NO5/c1-9-8-10(15(18)19)2-5-12(9)13-6-3-11(20-13)4-7-14(16)17/h2-8H,1H3,(H,16,17)/p-1. The molecule has 0 radical (unpaired) electrons. The van der Waals surface area contributed by atoms with Crippen LogP contribution in [0.3, 0.4) is 0 Å². The van der Waals surface area contributed by atoms with Crippen molar-refractivity contribution < 1.29 is 19.2 Å². The molecule has 1 aromatic heterocycles. The smallest absolute Gasteiger partial charge is 0.269 e. The number of non-ortho nitro benzene ring substituents is 1. The largest absolute Gasteiger partial charge is 0.545 e. The first-order valence-corrected chi connectivity index (χ1v) is 5.71. The molecule has 0 unspecified atom stereocenters. The molecule has 0 saturated carbocycles. The van der Waals surface area contributed by atoms with Crippen molar-refractivity contribution in [1.82, 2.24) is 0 Å². The molecule has 0 N–H and O–H groups in total. The first kappa shape index (κ1) is 13.5. The number of rotatable bonds is 4. The van der Waals surface area contributed by atoms with Gasteiger partial charge >= 0.3 is 0 Å². The number of carbonyl (C=O) groups excluding carboxylic acids is 1. The molecule has 0 bridgehead atoms. The molecule has 2 aromatic rings. The maximum Gasteiger partial charge on any atom is 0.269 e. The normalized spacial score (nSPS) is 10.8. The Morgan fingerprint density at radius 2 is 2.05 bits per heavy atom. The van der Waals surface area contributed by atoms with Crippen LogP contribution in [0.25, 0.3) is 17.4 Å². The highest BCUT2D eigenvalue weighted by atomic mass is 16.6. The average Bonchev–Trinajstić information content (AvgIpc) is 2.84. The van der Waals surface area contributed by atoms with Crippen LogP contribution in [-0.2, 0) is 4.79 Å². The van der Waals surface area contributed by atoms with Crippen LogP contribution in [0.5, 0.6) is 0 Å². The molecule has 0 aliphatic heterocycles. The van der Waals surface area contributed by atoms with Crippen molar-refractivity contribution in [2.45, 2.75) is 6.92 Å². The van der Waals surface area contributed by atoms with Gasteiger partial charge in [-0.25, -0.2) is 0 Å². The number of aryl methyl sites for hydroxylation is 1. The number of hydrogen-bond donors (Lipinski definition) is 0. The molecule has 1 aromatic carbocycles. The highest BCUT2D eigenvalue weighted by molar-refractivity contribution is 5.83. The summed E-state index contributed by atoms with van der Waals surface area (Å²) in [7, 11) is 0. The summed E-state index contributed by atoms with van der Waals surface area (Å²) in [4.78, 5) is 20.5. The Hall–Kier alpha value is -2.89. The summed E-state index contributed by atoms with van der Waals surface area (Å²) in [6.45, 7) is 1.74. The first-order valence-electron chi connectivity index (χ1n) is 5.71. The van der Waals surface area contributed by atoms with Gasteiger partial charge in [0.15, 0.2) is 0 Å². The third kappa shape index (κ3) is 2.92. The highest BCUT2D eigenvalue weighted by Crippen LogP contribution is 2.28. The van der Waals surface area contributed by atoms with E-state index in [4.69, 9.17) is 4.42 Å². The van der Waals surface area contributed by atoms with E-state index in [1.807, 2.05) is 0 Å². The molecule has 0 aliphatic rings. The maximum atomic E-state index is 10.7. The van der Waals surface area contributed by atoms with Gasteiger partial charge in [-0.3, -0.25) is 10.1 Å². The number of carboxylic acid groups (broad SMARTS) is 1. The number of furan rings is 1. The highest BCUT2D eigenvalue weighted by Gasteiger charge is 2.11. The monoisotopic (exact) mass is 272 g/mol. The number of carboxylic acids is 1. The van der Waals surface area contributed by atoms with Crippen molar-refractivity contribution in [3.63, 3.8) is 0 Å². The minimum absolute atomic E-state index is 0.00915. The van der Waals surface area contributed by atoms with Gasteiger partial charge in [0.2, 0.25) is 0 Å². The number of nitrogens with zero attached hydrogens (tertiary/aromatic N) is 1. The summed E-state index contributed by atoms with van der Waals surface area (Å²) < 4.78 is 5.45. The van der Waals surface area contributed by atoms with Gasteiger partial charge in [0.05, 0.1) is 10.9 Å². The summed E-state index contributed by atoms with van der Waals surface area (Å²) in [5.74, 6) is -0.438. The topological polar surface area (TPSA) is 96.4 Å². The third-order valence-corrected chi connectivity index (χ3v) is 2.70. The second-order valence-electron chi connectivity index (χ2n) is 4.11. The van der Waals surface area contributed by atoms with Crippen molar-refractivity contribution in [1.29, 1.82) is 0 Å². The summed E-state index contributed by atoms with van der Waals surface area (Å²) in [5, 5.41) is 21.0. The molecule has 0 amide bonds. The predicted octanol–water partition coefficient (Wildman–Crippen LogP) is 1.93. The fourth-order valence-electron chi connectivity index (χ4n) is 1.78. The molecule has 102 valence electrons. The third-order valence-electron chi connectivity index (χ3n) is 2.70. The van der Waals surface area contributed by atoms with E-state index in [1.165, 1.54) is 18.2 Å². The SMILES string of the molecule is Cc1cc([N+](=O)[O-])ccc1-c1ccc(C=CC(=O)[O-])o1. The molecule has 20 heavy (non-hydrogen) atoms. The summed E-state index contributed by atoms with van der Waals surface area (Å²) >= 11 is 0. The van der Waals surface area contributed by atoms with Crippen LogP contribution in [0.4, 0.5) is 5.69 Å². The molecule has 0 aliphatic carbocycles. The van der Waals surface area contributed by atoms with E-state index in [-0.39, 0.29) is 5.69 Å². The summed E-state index contributed by atoms with van der Waals surface area (Å²) in [6.07, 6.45) is 2.14. The molecule has 0 spiro atoms. The molecule has 6 nitrogen and oxygen atoms in total. The number of aliphatic carboxylic acids is 1. The van der Waals surface area contributed by atoms with E-state index in [1.54, 1.807) is 25.1 Å². The van der Waals surface area contributed by atoms with Gasteiger partial charge in [0, 0.05) is 17.7 Å². The van der Waals surface area contributed by atoms with Crippen LogP contribution in [0.15, 0.2) is 40.8 Å². The zero-order valence-electron chi connectivity index (χ0n) is 10.5. The lowest BCUT2D eigenvalue weighted by Gasteiger charge is -2.02. The van der Waals surface area contributed by atoms with E-state index in [0.29, 0.717) is 22.6 Å². The number of nitro benzene ring substituents is 1. The van der Waals surface area contributed by atoms with Gasteiger partial charge in [-0.15, -0.1) is 0 Å². The predicted molar refractivity (Wildman–Crippen MR) is 69.6 cm³/mol. The van der Waals surface area contributed by atoms with Crippen molar-refractivity contribution >= 4 is 17.7 Å². The van der Waals surface area contributed by atoms with Gasteiger partial charge in [0.25, 0.3) is 5.69 Å². The molecular formula is C14H10NO5-. The molecule has 1 heterocycles. The van der Waals surface area contributed by atoms with Crippen molar-refractivity contribution in [2.75, 3.05) is 0 Å². The second-order valence-corrected chi connectivity index (χ2v) is 4.11. The lowest BCUT2D eigenvalue weighted by atomic mass is 10.1. The number of hydrogen-bond acceptors (Lipinski definition) is 5. The Kier molecular flexibility index (Phi) is 3.65. The Morgan fingerprint density at radius 1 is 1.30 bits per heavy atom. The van der Waals surface area contributed by atoms with Crippen LogP contribution >= 0.6 is 0 Å². The molecule has 2 rings (SSSR count). The molecule has 0 fully saturated rings. The minimum Gasteiger partial charge on any atom is -0.545 e. The van der Waals surface area contributed by atoms with Gasteiger partial charge in [-0.2, -0.15) is 0 Å². The molecule has 0 saturated heterocycles. The van der Waals surface area contributed by atoms with Crippen molar-refractivity contribution in [2.24, 2.45) is 0 Å². The summed E-state index contributed by atoms with van der Waals surface area (Å²) in [5.41, 5.74) is 1.42. The van der Waals surface area contributed by atoms with Gasteiger partial charge in [-0.05, 0) is 42.8 Å². The van der Waals surface area contributed by atoms with Crippen LogP contribution < -0.4 is 5.11 Å². The lowest BCUT2D eigenvalue weighted by Crippen LogP contribution is -2.18. The fraction of sp³-hybridized carbons (Fsp3) is 0.0714. The molecular weight excluding hydrogens is 262 g/mol. The maximum absolute atomic E-state index is 10.7. The van der Waals surface area contributed by atoms with E-state index in [9.17, 15) is 20.0 Å². The molecule has 0 atom stereocenters. The van der Waals surface area contributed by atoms with E-state index in [0.717, 1.165) is 6.08 Å². The molecule has 6 heteroatoms. The van der Waals surface area contributed by atoms with Gasteiger partial charge in [0.1, 0.15) is 11.5 Å². The van der Waals surface area contributed by atoms with E-state index < -0.39 is 10.9 Å². The first-order chi connectivity index (χ1) is 9.47. The quantitative estimate of drug-likeness (QED) is 0.481. The van der Waals surface area contributed by atoms with Crippen LogP contribution in [0, 0.1) is 17.0 Å². The summed E-state index contributed by atoms with van der Waals surface area (Å²) in [6, 6.07) is 7.72. The Bertz CT molecular complexity index is 699. The fourth-order valence-corrected chi connectivity index (χ4v) is 1.78.